The van der Waals surface area contributed by atoms with E-state index in [9.17, 15) is 34.0 Å². The van der Waals surface area contributed by atoms with Crippen molar-refractivity contribution in [3.05, 3.63) is 65.2 Å². The first-order valence-electron chi connectivity index (χ1n) is 11.3. The van der Waals surface area contributed by atoms with Crippen molar-refractivity contribution in [2.75, 3.05) is 13.2 Å². The molecule has 2 aromatic heterocycles. The van der Waals surface area contributed by atoms with Crippen LogP contribution in [0.4, 0.5) is 0 Å². The summed E-state index contributed by atoms with van der Waals surface area (Å²) in [5.74, 6) is 0. The summed E-state index contributed by atoms with van der Waals surface area (Å²) in [7, 11) is 1.45. The maximum absolute atomic E-state index is 12.8. The molecule has 7 atom stereocenters. The number of quaternary nitrogens is 1. The fourth-order valence-corrected chi connectivity index (χ4v) is 5.19. The van der Waals surface area contributed by atoms with Gasteiger partial charge in [0.2, 0.25) is 7.57 Å². The van der Waals surface area contributed by atoms with E-state index >= 15 is 0 Å². The second-order valence-electron chi connectivity index (χ2n) is 8.92. The summed E-state index contributed by atoms with van der Waals surface area (Å²) in [4.78, 5) is 51.8. The van der Waals surface area contributed by atoms with Crippen molar-refractivity contribution >= 4 is 15.0 Å². The molecule has 18 heteroatoms. The molecule has 0 aliphatic carbocycles. The number of aromatic nitrogens is 4. The van der Waals surface area contributed by atoms with Crippen molar-refractivity contribution in [1.29, 1.82) is 0 Å². The van der Waals surface area contributed by atoms with E-state index in [2.05, 4.69) is 9.97 Å². The topological polar surface area (TPSA) is 241 Å². The molecule has 208 valence electrons. The Bertz CT molecular complexity index is 1440. The van der Waals surface area contributed by atoms with Crippen LogP contribution in [-0.4, -0.2) is 74.5 Å². The summed E-state index contributed by atoms with van der Waals surface area (Å²) in [6, 6.07) is 0. The van der Waals surface area contributed by atoms with Crippen LogP contribution < -0.4 is 28.6 Å². The van der Waals surface area contributed by atoms with E-state index in [1.54, 1.807) is 0 Å². The average molecular weight is 558 g/mol. The highest BCUT2D eigenvalue weighted by Gasteiger charge is 2.42. The second kappa shape index (κ2) is 11.6. The minimum absolute atomic E-state index is 0. The predicted octanol–water partition coefficient (Wildman–Crippen LogP) is -1.31. The number of H-pyrrole nitrogens is 2. The first-order valence-corrected chi connectivity index (χ1v) is 12.9. The van der Waals surface area contributed by atoms with Crippen molar-refractivity contribution in [3.8, 4) is 0 Å². The van der Waals surface area contributed by atoms with E-state index in [1.807, 2.05) is 0 Å². The van der Waals surface area contributed by atoms with Gasteiger partial charge in [-0.05, 0) is 13.8 Å². The number of nitrogens with one attached hydrogen (secondary N) is 2. The Morgan fingerprint density at radius 1 is 1.00 bits per heavy atom. The van der Waals surface area contributed by atoms with Crippen LogP contribution in [0.25, 0.3) is 0 Å². The van der Waals surface area contributed by atoms with Gasteiger partial charge in [0.1, 0.15) is 24.7 Å². The van der Waals surface area contributed by atoms with E-state index in [0.29, 0.717) is 0 Å². The molecular weight excluding hydrogens is 528 g/mol. The lowest BCUT2D eigenvalue weighted by atomic mass is 10.2. The number of aryl methyl sites for hydroxylation is 2. The van der Waals surface area contributed by atoms with E-state index in [4.69, 9.17) is 26.1 Å². The molecular formula is C20H30BN5O11P+. The molecule has 0 saturated carbocycles. The first kappa shape index (κ1) is 29.9. The van der Waals surface area contributed by atoms with Gasteiger partial charge in [-0.25, -0.2) is 9.59 Å². The van der Waals surface area contributed by atoms with Gasteiger partial charge in [0, 0.05) is 36.4 Å². The largest absolute Gasteiger partial charge is 0.394 e. The zero-order valence-electron chi connectivity index (χ0n) is 20.9. The van der Waals surface area contributed by atoms with Crippen molar-refractivity contribution in [2.45, 2.75) is 63.6 Å². The highest BCUT2D eigenvalue weighted by molar-refractivity contribution is 7.79. The van der Waals surface area contributed by atoms with E-state index in [1.165, 1.54) is 26.2 Å². The quantitative estimate of drug-likeness (QED) is 0.188. The lowest BCUT2D eigenvalue weighted by Gasteiger charge is -2.24. The number of aliphatic hydroxyl groups is 2. The van der Waals surface area contributed by atoms with Crippen molar-refractivity contribution < 1.29 is 33.3 Å². The normalized spacial score (nSPS) is 28.6. The lowest BCUT2D eigenvalue weighted by molar-refractivity contribution is -0.0512. The van der Waals surface area contributed by atoms with Crippen LogP contribution in [0.3, 0.4) is 0 Å². The molecule has 2 fully saturated rings. The van der Waals surface area contributed by atoms with Crippen LogP contribution in [0.15, 0.2) is 31.6 Å². The third-order valence-electron chi connectivity index (χ3n) is 6.18. The van der Waals surface area contributed by atoms with Gasteiger partial charge in [-0.3, -0.25) is 33.3 Å². The molecule has 2 saturated heterocycles. The Morgan fingerprint density at radius 2 is 1.50 bits per heavy atom. The van der Waals surface area contributed by atoms with Gasteiger partial charge in [0.05, 0.1) is 25.4 Å². The molecule has 0 amide bonds. The molecule has 2 radical (unpaired) electrons. The Kier molecular flexibility index (Phi) is 9.16. The highest BCUT2D eigenvalue weighted by Crippen LogP contribution is 2.48. The molecule has 2 aliphatic heterocycles. The minimum atomic E-state index is -4.28. The molecule has 4 heterocycles. The number of hydrogen-bond acceptors (Lipinski definition) is 11. The van der Waals surface area contributed by atoms with Gasteiger partial charge in [-0.1, -0.05) is 0 Å². The van der Waals surface area contributed by atoms with Crippen LogP contribution in [0.5, 0.6) is 0 Å². The van der Waals surface area contributed by atoms with E-state index in [0.717, 1.165) is 9.13 Å². The van der Waals surface area contributed by atoms with Crippen molar-refractivity contribution in [2.24, 2.45) is 0 Å². The Labute approximate surface area is 216 Å². The van der Waals surface area contributed by atoms with Gasteiger partial charge in [0.15, 0.2) is 0 Å². The number of ether oxygens (including phenoxy) is 2. The highest BCUT2D eigenvalue weighted by atomic mass is 31.2. The van der Waals surface area contributed by atoms with Crippen LogP contribution in [0.2, 0.25) is 0 Å². The van der Waals surface area contributed by atoms with Crippen LogP contribution in [0.1, 0.15) is 36.4 Å². The summed E-state index contributed by atoms with van der Waals surface area (Å²) < 4.78 is 37.0. The maximum atomic E-state index is 12.8. The Balaban J connectivity index is 0.00000400. The average Bonchev–Trinajstić information content (AvgIpc) is 3.39. The van der Waals surface area contributed by atoms with E-state index in [-0.39, 0.29) is 30.1 Å². The zero-order chi connectivity index (χ0) is 27.1. The monoisotopic (exact) mass is 558 g/mol. The van der Waals surface area contributed by atoms with Crippen LogP contribution in [-0.2, 0) is 23.1 Å². The van der Waals surface area contributed by atoms with Gasteiger partial charge in [0.25, 0.3) is 18.6 Å². The summed E-state index contributed by atoms with van der Waals surface area (Å²) in [6.45, 7) is 2.01. The summed E-state index contributed by atoms with van der Waals surface area (Å²) in [5, 5.41) is 20.0. The van der Waals surface area contributed by atoms with Gasteiger partial charge in [-0.2, -0.15) is 0 Å². The fourth-order valence-electron chi connectivity index (χ4n) is 4.18. The Morgan fingerprint density at radius 3 is 2.03 bits per heavy atom. The number of rotatable bonds is 8. The maximum Gasteiger partial charge on any atom is 0.330 e. The molecule has 38 heavy (non-hydrogen) atoms. The molecule has 4 rings (SSSR count). The molecule has 2 aromatic rings. The summed E-state index contributed by atoms with van der Waals surface area (Å²) in [5.41, 5.74) is -2.01. The van der Waals surface area contributed by atoms with E-state index < -0.39 is 80.1 Å². The number of aliphatic hydroxyl groups excluding tert-OH is 2. The van der Waals surface area contributed by atoms with Gasteiger partial charge >= 0.3 is 11.4 Å². The third-order valence-corrected chi connectivity index (χ3v) is 7.25. The lowest BCUT2D eigenvalue weighted by Crippen LogP contribution is -2.33. The summed E-state index contributed by atoms with van der Waals surface area (Å²) >= 11 is 0. The number of hydrogen-bond donors (Lipinski definition) is 5. The SMILES string of the molecule is [B][P@@](=O)(OC[C@H]1O[C@@H](n2cc(C)c(=O)[nH]c2=O)CC1O)OC1C[C@H](n2cc(C)c(=O)[nH]c2=O)O[C@@H]1CO.[NH4+]. The minimum Gasteiger partial charge on any atom is -0.394 e. The third kappa shape index (κ3) is 6.32. The smallest absolute Gasteiger partial charge is 0.330 e. The molecule has 16 nitrogen and oxygen atoms in total. The molecule has 0 aromatic carbocycles. The first-order chi connectivity index (χ1) is 17.4. The Hall–Kier alpha value is -2.63. The molecule has 0 spiro atoms. The molecule has 8 N–H and O–H groups in total. The molecule has 2 aliphatic rings. The molecule has 0 bridgehead atoms. The van der Waals surface area contributed by atoms with Crippen molar-refractivity contribution in [3.63, 3.8) is 0 Å². The predicted molar refractivity (Wildman–Crippen MR) is 132 cm³/mol. The molecule has 2 unspecified atom stereocenters. The van der Waals surface area contributed by atoms with Crippen LogP contribution >= 0.6 is 7.47 Å². The second-order valence-corrected chi connectivity index (χ2v) is 10.5. The zero-order valence-corrected chi connectivity index (χ0v) is 21.8. The van der Waals surface area contributed by atoms with Gasteiger partial charge < -0.3 is 34.9 Å². The standard InChI is InChI=1S/C20H26BN4O11P.H3N/c1-9-5-24(19(30)22-17(9)28)15-3-11(27)14(35-15)8-33-37(21,32)36-12-4-16(34-13(12)7-26)25-6-10(2)18(29)23-20(25)31;/h5-6,11-16,26-27H,3-4,7-8H2,1-2H3,(H,22,28,30)(H,23,29,31);1H3/p+1/t11?,12?,13-,14-,15-,16-,37-;/m1./s1. The van der Waals surface area contributed by atoms with Crippen molar-refractivity contribution in [1.82, 2.24) is 25.3 Å². The fraction of sp³-hybridized carbons (Fsp3) is 0.600. The number of aromatic amines is 2. The van der Waals surface area contributed by atoms with Crippen LogP contribution in [0, 0.1) is 13.8 Å². The van der Waals surface area contributed by atoms with Gasteiger partial charge in [-0.15, -0.1) is 0 Å². The summed E-state index contributed by atoms with van der Waals surface area (Å²) in [6.07, 6.45) is -3.46. The number of nitrogens with zero attached hydrogens (tertiary/aromatic N) is 2.